The quantitative estimate of drug-likeness (QED) is 0.147. The van der Waals surface area contributed by atoms with E-state index in [0.29, 0.717) is 19.6 Å². The predicted octanol–water partition coefficient (Wildman–Crippen LogP) is 2.62. The van der Waals surface area contributed by atoms with Crippen molar-refractivity contribution >= 4 is 53.1 Å². The normalized spacial score (nSPS) is 27.9. The van der Waals surface area contributed by atoms with Gasteiger partial charge in [0.05, 0.1) is 18.4 Å². The topological polar surface area (TPSA) is 73.8 Å². The number of amides is 2. The van der Waals surface area contributed by atoms with Crippen LogP contribution in [0.1, 0.15) is 24.6 Å². The number of thiophene rings is 1. The molecule has 2 fully saturated rings. The van der Waals surface area contributed by atoms with Crippen molar-refractivity contribution in [1.82, 2.24) is 15.5 Å². The highest BCUT2D eigenvalue weighted by molar-refractivity contribution is 14.0. The molecule has 4 atom stereocenters. The Hall–Kier alpha value is -1.42. The Morgan fingerprint density at radius 2 is 1.93 bits per heavy atom. The highest BCUT2D eigenvalue weighted by Gasteiger charge is 2.58. The van der Waals surface area contributed by atoms with Gasteiger partial charge in [0, 0.05) is 24.5 Å². The van der Waals surface area contributed by atoms with E-state index in [1.807, 2.05) is 18.4 Å². The number of likely N-dealkylation sites (tertiary alicyclic amines) is 1. The summed E-state index contributed by atoms with van der Waals surface area (Å²) < 4.78 is 0. The molecule has 2 heterocycles. The Balaban J connectivity index is 0.00000225. The summed E-state index contributed by atoms with van der Waals surface area (Å²) in [7, 11) is 0. The molecule has 2 N–H and O–H groups in total. The van der Waals surface area contributed by atoms with E-state index >= 15 is 0 Å². The van der Waals surface area contributed by atoms with Gasteiger partial charge in [-0.05, 0) is 43.0 Å². The largest absolute Gasteiger partial charge is 0.357 e. The van der Waals surface area contributed by atoms with Gasteiger partial charge in [-0.3, -0.25) is 14.5 Å². The van der Waals surface area contributed by atoms with Crippen LogP contribution in [0.15, 0.2) is 34.7 Å². The van der Waals surface area contributed by atoms with Crippen molar-refractivity contribution in [2.75, 3.05) is 19.6 Å². The van der Waals surface area contributed by atoms with Crippen LogP contribution in [-0.2, 0) is 16.1 Å². The average Bonchev–Trinajstić information content (AvgIpc) is 3.44. The summed E-state index contributed by atoms with van der Waals surface area (Å²) in [5, 5.41) is 8.58. The van der Waals surface area contributed by atoms with Crippen molar-refractivity contribution in [3.63, 3.8) is 0 Å². The summed E-state index contributed by atoms with van der Waals surface area (Å²) in [6.45, 7) is 4.63. The van der Waals surface area contributed by atoms with E-state index in [1.54, 1.807) is 11.3 Å². The summed E-state index contributed by atoms with van der Waals surface area (Å²) in [5.41, 5.74) is 0. The fourth-order valence-electron chi connectivity index (χ4n) is 4.53. The molecule has 152 valence electrons. The number of nitrogens with zero attached hydrogens (tertiary/aromatic N) is 2. The number of aliphatic imine (C=N–C) groups is 1. The minimum Gasteiger partial charge on any atom is -0.357 e. The number of halogens is 1. The lowest BCUT2D eigenvalue weighted by molar-refractivity contribution is -0.140. The monoisotopic (exact) mass is 514 g/mol. The maximum absolute atomic E-state index is 12.7. The smallest absolute Gasteiger partial charge is 0.233 e. The molecule has 1 aliphatic heterocycles. The number of hydrogen-bond acceptors (Lipinski definition) is 4. The van der Waals surface area contributed by atoms with Crippen LogP contribution in [0, 0.1) is 23.7 Å². The number of allylic oxidation sites excluding steroid dienone is 2. The average molecular weight is 514 g/mol. The lowest BCUT2D eigenvalue weighted by Gasteiger charge is -2.18. The van der Waals surface area contributed by atoms with Crippen molar-refractivity contribution < 1.29 is 9.59 Å². The highest BCUT2D eigenvalue weighted by Crippen LogP contribution is 2.52. The summed E-state index contributed by atoms with van der Waals surface area (Å²) in [4.78, 5) is 32.6. The van der Waals surface area contributed by atoms with E-state index in [4.69, 9.17) is 0 Å². The maximum Gasteiger partial charge on any atom is 0.233 e. The Morgan fingerprint density at radius 1 is 1.21 bits per heavy atom. The number of rotatable bonds is 7. The first-order valence-electron chi connectivity index (χ1n) is 9.77. The van der Waals surface area contributed by atoms with Crippen molar-refractivity contribution in [3.05, 3.63) is 34.5 Å². The van der Waals surface area contributed by atoms with Crippen LogP contribution in [0.4, 0.5) is 0 Å². The number of fused-ring (bicyclic) bond motifs is 5. The first-order chi connectivity index (χ1) is 13.2. The molecule has 3 aliphatic rings. The molecule has 1 aromatic heterocycles. The molecule has 2 bridgehead atoms. The second kappa shape index (κ2) is 9.39. The van der Waals surface area contributed by atoms with Crippen LogP contribution in [-0.4, -0.2) is 42.3 Å². The number of hydrogen-bond donors (Lipinski definition) is 2. The van der Waals surface area contributed by atoms with Gasteiger partial charge in [0.1, 0.15) is 0 Å². The van der Waals surface area contributed by atoms with Crippen LogP contribution < -0.4 is 10.6 Å². The fourth-order valence-corrected chi connectivity index (χ4v) is 5.16. The molecule has 1 aromatic rings. The zero-order chi connectivity index (χ0) is 18.8. The SMILES string of the molecule is CCNC(=NCc1cccs1)NCCCN1C(=O)C2C3C=CC(C3)C2C1=O.I. The molecule has 1 saturated carbocycles. The molecule has 1 saturated heterocycles. The molecule has 0 radical (unpaired) electrons. The first kappa shape index (κ1) is 21.3. The lowest BCUT2D eigenvalue weighted by Crippen LogP contribution is -2.40. The van der Waals surface area contributed by atoms with Crippen molar-refractivity contribution in [2.24, 2.45) is 28.7 Å². The summed E-state index contributed by atoms with van der Waals surface area (Å²) in [5.74, 6) is 1.23. The molecular formula is C20H27IN4O2S. The van der Waals surface area contributed by atoms with Gasteiger partial charge in [-0.25, -0.2) is 4.99 Å². The minimum atomic E-state index is -0.0925. The maximum atomic E-state index is 12.7. The van der Waals surface area contributed by atoms with Gasteiger partial charge < -0.3 is 10.6 Å². The molecule has 28 heavy (non-hydrogen) atoms. The molecule has 6 nitrogen and oxygen atoms in total. The van der Waals surface area contributed by atoms with Gasteiger partial charge in [0.15, 0.2) is 5.96 Å². The Morgan fingerprint density at radius 3 is 2.54 bits per heavy atom. The second-order valence-electron chi connectivity index (χ2n) is 7.38. The van der Waals surface area contributed by atoms with E-state index in [-0.39, 0.29) is 59.5 Å². The molecule has 2 amide bonds. The summed E-state index contributed by atoms with van der Waals surface area (Å²) >= 11 is 1.69. The number of carbonyl (C=O) groups is 2. The lowest BCUT2D eigenvalue weighted by atomic mass is 9.85. The van der Waals surface area contributed by atoms with Crippen molar-refractivity contribution in [1.29, 1.82) is 0 Å². The Labute approximate surface area is 186 Å². The van der Waals surface area contributed by atoms with E-state index in [1.165, 1.54) is 9.78 Å². The number of imide groups is 1. The van der Waals surface area contributed by atoms with Crippen molar-refractivity contribution in [3.8, 4) is 0 Å². The third-order valence-electron chi connectivity index (χ3n) is 5.73. The molecule has 4 unspecified atom stereocenters. The molecule has 0 aromatic carbocycles. The third kappa shape index (κ3) is 4.12. The zero-order valence-corrected chi connectivity index (χ0v) is 19.1. The first-order valence-corrected chi connectivity index (χ1v) is 10.6. The Bertz CT molecular complexity index is 734. The van der Waals surface area contributed by atoms with Crippen LogP contribution in [0.25, 0.3) is 0 Å². The van der Waals surface area contributed by atoms with Crippen LogP contribution in [0.3, 0.4) is 0 Å². The number of nitrogens with one attached hydrogen (secondary N) is 2. The minimum absolute atomic E-state index is 0. The fraction of sp³-hybridized carbons (Fsp3) is 0.550. The third-order valence-corrected chi connectivity index (χ3v) is 6.59. The standard InChI is InChI=1S/C20H26N4O2S.HI/c1-2-21-20(23-12-15-5-3-10-27-15)22-8-4-9-24-18(25)16-13-6-7-14(11-13)17(16)19(24)26;/h3,5-7,10,13-14,16-17H,2,4,8-9,11-12H2,1H3,(H2,21,22,23);1H. The number of carbonyl (C=O) groups excluding carboxylic acids is 2. The zero-order valence-electron chi connectivity index (χ0n) is 16.0. The molecule has 0 spiro atoms. The molecule has 8 heteroatoms. The van der Waals surface area contributed by atoms with Gasteiger partial charge in [0.25, 0.3) is 0 Å². The molecule has 2 aliphatic carbocycles. The highest BCUT2D eigenvalue weighted by atomic mass is 127. The van der Waals surface area contributed by atoms with E-state index in [9.17, 15) is 9.59 Å². The van der Waals surface area contributed by atoms with Gasteiger partial charge >= 0.3 is 0 Å². The Kier molecular flexibility index (Phi) is 7.14. The second-order valence-corrected chi connectivity index (χ2v) is 8.42. The van der Waals surface area contributed by atoms with Gasteiger partial charge in [0.2, 0.25) is 11.8 Å². The van der Waals surface area contributed by atoms with Crippen LogP contribution in [0.5, 0.6) is 0 Å². The van der Waals surface area contributed by atoms with Crippen LogP contribution >= 0.6 is 35.3 Å². The van der Waals surface area contributed by atoms with E-state index in [2.05, 4.69) is 33.8 Å². The molecular weight excluding hydrogens is 487 g/mol. The molecule has 4 rings (SSSR count). The van der Waals surface area contributed by atoms with E-state index in [0.717, 1.165) is 25.3 Å². The van der Waals surface area contributed by atoms with Crippen molar-refractivity contribution in [2.45, 2.75) is 26.3 Å². The summed E-state index contributed by atoms with van der Waals surface area (Å²) in [6, 6.07) is 4.10. The van der Waals surface area contributed by atoms with E-state index < -0.39 is 0 Å². The van der Waals surface area contributed by atoms with Crippen LogP contribution in [0.2, 0.25) is 0 Å². The van der Waals surface area contributed by atoms with Gasteiger partial charge in [-0.1, -0.05) is 18.2 Å². The summed E-state index contributed by atoms with van der Waals surface area (Å²) in [6.07, 6.45) is 5.97. The van der Waals surface area contributed by atoms with Gasteiger partial charge in [-0.15, -0.1) is 35.3 Å². The predicted molar refractivity (Wildman–Crippen MR) is 122 cm³/mol. The van der Waals surface area contributed by atoms with Gasteiger partial charge in [-0.2, -0.15) is 0 Å². The number of guanidine groups is 1.